The van der Waals surface area contributed by atoms with Gasteiger partial charge in [0.15, 0.2) is 5.82 Å². The van der Waals surface area contributed by atoms with Crippen molar-refractivity contribution in [1.29, 1.82) is 0 Å². The van der Waals surface area contributed by atoms with E-state index in [0.717, 1.165) is 10.0 Å². The first kappa shape index (κ1) is 13.7. The molecule has 0 bridgehead atoms. The van der Waals surface area contributed by atoms with E-state index >= 15 is 0 Å². The molecule has 0 aliphatic carbocycles. The van der Waals surface area contributed by atoms with E-state index in [2.05, 4.69) is 31.5 Å². The molecule has 2 aromatic carbocycles. The number of nitrogens with two attached hydrogens (primary N) is 1. The Labute approximate surface area is 128 Å². The van der Waals surface area contributed by atoms with Crippen molar-refractivity contribution in [3.8, 4) is 11.4 Å². The van der Waals surface area contributed by atoms with Crippen molar-refractivity contribution >= 4 is 21.6 Å². The Morgan fingerprint density at radius 3 is 2.76 bits per heavy atom. The molecule has 0 saturated carbocycles. The van der Waals surface area contributed by atoms with Crippen LogP contribution < -0.4 is 5.73 Å². The zero-order valence-corrected chi connectivity index (χ0v) is 12.5. The minimum atomic E-state index is -0.283. The number of nitrogen functional groups attached to an aromatic ring is 1. The molecule has 7 heteroatoms. The van der Waals surface area contributed by atoms with Gasteiger partial charge >= 0.3 is 0 Å². The number of nitrogens with zero attached hydrogens (tertiary/aromatic N) is 4. The topological polar surface area (TPSA) is 69.6 Å². The second kappa shape index (κ2) is 5.61. The summed E-state index contributed by atoms with van der Waals surface area (Å²) in [4.78, 5) is 0. The first-order valence-corrected chi connectivity index (χ1v) is 6.99. The van der Waals surface area contributed by atoms with E-state index in [1.54, 1.807) is 28.9 Å². The Morgan fingerprint density at radius 1 is 1.19 bits per heavy atom. The molecule has 2 N–H and O–H groups in total. The molecule has 3 aromatic rings. The summed E-state index contributed by atoms with van der Waals surface area (Å²) in [6, 6.07) is 12.0. The number of tetrazole rings is 1. The van der Waals surface area contributed by atoms with E-state index in [4.69, 9.17) is 5.73 Å². The van der Waals surface area contributed by atoms with Crippen molar-refractivity contribution in [2.24, 2.45) is 0 Å². The lowest BCUT2D eigenvalue weighted by Gasteiger charge is -2.07. The standard InChI is InChI=1S/C14H11BrFN5/c15-11-6-5-9(7-13(11)17)14-18-19-20-21(14)8-10-3-1-2-4-12(10)16/h1-7H,8,17H2. The first-order valence-electron chi connectivity index (χ1n) is 6.20. The van der Waals surface area contributed by atoms with Crippen molar-refractivity contribution in [3.63, 3.8) is 0 Å². The molecule has 1 heterocycles. The summed E-state index contributed by atoms with van der Waals surface area (Å²) in [6.07, 6.45) is 0. The number of rotatable bonds is 3. The van der Waals surface area contributed by atoms with Crippen molar-refractivity contribution in [2.45, 2.75) is 6.54 Å². The highest BCUT2D eigenvalue weighted by atomic mass is 79.9. The van der Waals surface area contributed by atoms with Crippen molar-refractivity contribution in [2.75, 3.05) is 5.73 Å². The summed E-state index contributed by atoms with van der Waals surface area (Å²) >= 11 is 3.34. The summed E-state index contributed by atoms with van der Waals surface area (Å²) in [5, 5.41) is 11.6. The number of halogens is 2. The highest BCUT2D eigenvalue weighted by Gasteiger charge is 2.12. The fraction of sp³-hybridized carbons (Fsp3) is 0.0714. The molecule has 5 nitrogen and oxygen atoms in total. The van der Waals surface area contributed by atoms with Crippen molar-refractivity contribution < 1.29 is 4.39 Å². The van der Waals surface area contributed by atoms with E-state index in [9.17, 15) is 4.39 Å². The first-order chi connectivity index (χ1) is 10.1. The van der Waals surface area contributed by atoms with Crippen molar-refractivity contribution in [3.05, 3.63) is 58.3 Å². The van der Waals surface area contributed by atoms with Gasteiger partial charge in [0.05, 0.1) is 6.54 Å². The fourth-order valence-electron chi connectivity index (χ4n) is 1.99. The van der Waals surface area contributed by atoms with Gasteiger partial charge in [0, 0.05) is 21.3 Å². The predicted molar refractivity (Wildman–Crippen MR) is 80.9 cm³/mol. The van der Waals surface area contributed by atoms with Gasteiger partial charge in [-0.15, -0.1) is 5.10 Å². The minimum Gasteiger partial charge on any atom is -0.398 e. The van der Waals surface area contributed by atoms with Crippen LogP contribution in [0, 0.1) is 5.82 Å². The molecule has 0 spiro atoms. The van der Waals surface area contributed by atoms with Crippen LogP contribution in [0.3, 0.4) is 0 Å². The van der Waals surface area contributed by atoms with Gasteiger partial charge < -0.3 is 5.73 Å². The van der Waals surface area contributed by atoms with E-state index in [0.29, 0.717) is 17.1 Å². The summed E-state index contributed by atoms with van der Waals surface area (Å²) in [7, 11) is 0. The van der Waals surface area contributed by atoms with Gasteiger partial charge in [0.1, 0.15) is 5.82 Å². The summed E-state index contributed by atoms with van der Waals surface area (Å²) < 4.78 is 16.1. The molecule has 0 aliphatic rings. The molecule has 21 heavy (non-hydrogen) atoms. The Hall–Kier alpha value is -2.28. The number of hydrogen-bond donors (Lipinski definition) is 1. The highest BCUT2D eigenvalue weighted by molar-refractivity contribution is 9.10. The van der Waals surface area contributed by atoms with Crippen LogP contribution >= 0.6 is 15.9 Å². The molecule has 1 aromatic heterocycles. The molecule has 0 saturated heterocycles. The van der Waals surface area contributed by atoms with Crippen LogP contribution in [0.15, 0.2) is 46.9 Å². The smallest absolute Gasteiger partial charge is 0.182 e. The molecule has 3 rings (SSSR count). The van der Waals surface area contributed by atoms with E-state index in [-0.39, 0.29) is 12.4 Å². The van der Waals surface area contributed by atoms with Crippen LogP contribution in [0.5, 0.6) is 0 Å². The Balaban J connectivity index is 1.97. The molecule has 106 valence electrons. The fourth-order valence-corrected chi connectivity index (χ4v) is 2.24. The lowest BCUT2D eigenvalue weighted by atomic mass is 10.1. The zero-order chi connectivity index (χ0) is 14.8. The Bertz CT molecular complexity index is 787. The number of aromatic nitrogens is 4. The van der Waals surface area contributed by atoms with Gasteiger partial charge in [-0.25, -0.2) is 9.07 Å². The van der Waals surface area contributed by atoms with Gasteiger partial charge in [0.25, 0.3) is 0 Å². The average Bonchev–Trinajstić information content (AvgIpc) is 2.93. The van der Waals surface area contributed by atoms with Gasteiger partial charge in [-0.05, 0) is 50.6 Å². The monoisotopic (exact) mass is 347 g/mol. The molecule has 0 fully saturated rings. The zero-order valence-electron chi connectivity index (χ0n) is 10.9. The quantitative estimate of drug-likeness (QED) is 0.739. The number of anilines is 1. The molecule has 0 amide bonds. The predicted octanol–water partition coefficient (Wildman–Crippen LogP) is 2.87. The lowest BCUT2D eigenvalue weighted by molar-refractivity contribution is 0.579. The van der Waals surface area contributed by atoms with E-state index < -0.39 is 0 Å². The average molecular weight is 348 g/mol. The Kier molecular flexibility index (Phi) is 3.66. The van der Waals surface area contributed by atoms with Gasteiger partial charge in [0.2, 0.25) is 0 Å². The molecular weight excluding hydrogens is 337 g/mol. The van der Waals surface area contributed by atoms with Crippen molar-refractivity contribution in [1.82, 2.24) is 20.2 Å². The minimum absolute atomic E-state index is 0.255. The molecule has 0 aliphatic heterocycles. The second-order valence-electron chi connectivity index (χ2n) is 4.49. The summed E-state index contributed by atoms with van der Waals surface area (Å²) in [5.41, 5.74) is 7.76. The summed E-state index contributed by atoms with van der Waals surface area (Å²) in [5.74, 6) is 0.256. The third-order valence-corrected chi connectivity index (χ3v) is 3.79. The number of benzene rings is 2. The largest absolute Gasteiger partial charge is 0.398 e. The third kappa shape index (κ3) is 2.78. The Morgan fingerprint density at radius 2 is 2.00 bits per heavy atom. The van der Waals surface area contributed by atoms with Crippen LogP contribution in [-0.4, -0.2) is 20.2 Å². The SMILES string of the molecule is Nc1cc(-c2nnnn2Cc2ccccc2F)ccc1Br. The normalized spacial score (nSPS) is 10.8. The maximum absolute atomic E-state index is 13.7. The van der Waals surface area contributed by atoms with Gasteiger partial charge in [-0.2, -0.15) is 0 Å². The van der Waals surface area contributed by atoms with Crippen LogP contribution in [-0.2, 0) is 6.54 Å². The molecule has 0 atom stereocenters. The van der Waals surface area contributed by atoms with E-state index in [1.807, 2.05) is 12.1 Å². The molecule has 0 radical (unpaired) electrons. The van der Waals surface area contributed by atoms with Gasteiger partial charge in [-0.3, -0.25) is 0 Å². The van der Waals surface area contributed by atoms with Crippen LogP contribution in [0.1, 0.15) is 5.56 Å². The van der Waals surface area contributed by atoms with Crippen LogP contribution in [0.25, 0.3) is 11.4 Å². The van der Waals surface area contributed by atoms with Gasteiger partial charge in [-0.1, -0.05) is 18.2 Å². The maximum Gasteiger partial charge on any atom is 0.182 e. The second-order valence-corrected chi connectivity index (χ2v) is 5.34. The highest BCUT2D eigenvalue weighted by Crippen LogP contribution is 2.25. The van der Waals surface area contributed by atoms with Crippen LogP contribution in [0.4, 0.5) is 10.1 Å². The maximum atomic E-state index is 13.7. The van der Waals surface area contributed by atoms with E-state index in [1.165, 1.54) is 6.07 Å². The lowest BCUT2D eigenvalue weighted by Crippen LogP contribution is -2.06. The molecular formula is C14H11BrFN5. The summed E-state index contributed by atoms with van der Waals surface area (Å²) in [6.45, 7) is 0.255. The van der Waals surface area contributed by atoms with Crippen LogP contribution in [0.2, 0.25) is 0 Å². The molecule has 0 unspecified atom stereocenters. The third-order valence-electron chi connectivity index (χ3n) is 3.06. The number of hydrogen-bond acceptors (Lipinski definition) is 4.